The van der Waals surface area contributed by atoms with Crippen molar-refractivity contribution in [3.63, 3.8) is 0 Å². The highest BCUT2D eigenvalue weighted by atomic mass is 16.2. The van der Waals surface area contributed by atoms with E-state index in [1.807, 2.05) is 0 Å². The monoisotopic (exact) mass is 341 g/mol. The summed E-state index contributed by atoms with van der Waals surface area (Å²) in [6.45, 7) is 5.02. The summed E-state index contributed by atoms with van der Waals surface area (Å²) in [6.07, 6.45) is 7.96. The molecule has 0 spiro atoms. The van der Waals surface area contributed by atoms with Gasteiger partial charge in [0.1, 0.15) is 6.04 Å². The lowest BCUT2D eigenvalue weighted by atomic mass is 9.53. The first-order chi connectivity index (χ1) is 12.0. The van der Waals surface area contributed by atoms with E-state index in [9.17, 15) is 4.79 Å². The molecule has 0 aliphatic heterocycles. The molecule has 4 aliphatic carbocycles. The van der Waals surface area contributed by atoms with Crippen molar-refractivity contribution in [2.24, 2.45) is 23.7 Å². The number of rotatable bonds is 6. The molecule has 4 bridgehead atoms. The molecule has 1 aromatic rings. The number of hydrogen-bond donors (Lipinski definition) is 2. The maximum absolute atomic E-state index is 12.7. The Kier molecular flexibility index (Phi) is 4.61. The number of hydrogen-bond acceptors (Lipinski definition) is 1. The minimum absolute atomic E-state index is 0.139. The second-order valence-electron chi connectivity index (χ2n) is 9.37. The molecular weight excluding hydrogens is 308 g/mol. The van der Waals surface area contributed by atoms with E-state index in [1.165, 1.54) is 44.1 Å². The number of carbonyl (C=O) groups is 1. The highest BCUT2D eigenvalue weighted by Crippen LogP contribution is 2.55. The van der Waals surface area contributed by atoms with Crippen LogP contribution >= 0.6 is 0 Å². The standard InChI is InChI=1S/C22H32N2O/c1-15(2)21(19-6-4-3-5-7-19)23-14-20(25)24-22-11-16-8-17(12-22)10-18(9-16)13-22/h3-7,15-18,21,23H,8-14H2,1-2H3,(H,24,25)/p+1/t16?,17?,18?,21-,22?/m1/s1. The van der Waals surface area contributed by atoms with Crippen LogP contribution in [-0.4, -0.2) is 18.0 Å². The fourth-order valence-corrected chi connectivity index (χ4v) is 6.31. The number of carbonyl (C=O) groups excluding carboxylic acids is 1. The van der Waals surface area contributed by atoms with Crippen LogP contribution in [0.3, 0.4) is 0 Å². The lowest BCUT2D eigenvalue weighted by Crippen LogP contribution is -2.89. The Balaban J connectivity index is 1.36. The SMILES string of the molecule is CC(C)[C@@H]([NH2+]CC(=O)NC12CC3CC(CC(C3)C1)C2)c1ccccc1. The van der Waals surface area contributed by atoms with Gasteiger partial charge in [0.15, 0.2) is 6.54 Å². The van der Waals surface area contributed by atoms with Gasteiger partial charge in [-0.05, 0) is 56.3 Å². The zero-order valence-electron chi connectivity index (χ0n) is 15.7. The molecule has 3 N–H and O–H groups in total. The smallest absolute Gasteiger partial charge is 0.275 e. The summed E-state index contributed by atoms with van der Waals surface area (Å²) in [5.41, 5.74) is 1.46. The lowest BCUT2D eigenvalue weighted by molar-refractivity contribution is -0.692. The molecule has 0 unspecified atom stereocenters. The molecule has 5 rings (SSSR count). The molecule has 4 saturated carbocycles. The number of quaternary nitrogens is 1. The van der Waals surface area contributed by atoms with E-state index >= 15 is 0 Å². The number of benzene rings is 1. The molecule has 136 valence electrons. The van der Waals surface area contributed by atoms with Crippen LogP contribution in [0.1, 0.15) is 64.0 Å². The molecule has 4 aliphatic rings. The summed E-state index contributed by atoms with van der Waals surface area (Å²) in [6, 6.07) is 10.9. The summed E-state index contributed by atoms with van der Waals surface area (Å²) >= 11 is 0. The van der Waals surface area contributed by atoms with Crippen molar-refractivity contribution in [3.8, 4) is 0 Å². The first kappa shape index (κ1) is 17.1. The molecule has 3 heteroatoms. The van der Waals surface area contributed by atoms with Crippen LogP contribution < -0.4 is 10.6 Å². The van der Waals surface area contributed by atoms with Crippen molar-refractivity contribution in [3.05, 3.63) is 35.9 Å². The summed E-state index contributed by atoms with van der Waals surface area (Å²) in [4.78, 5) is 12.7. The normalized spacial score (nSPS) is 34.3. The Labute approximate surface area is 152 Å². The summed E-state index contributed by atoms with van der Waals surface area (Å²) < 4.78 is 0. The van der Waals surface area contributed by atoms with E-state index in [4.69, 9.17) is 0 Å². The molecule has 0 heterocycles. The van der Waals surface area contributed by atoms with Gasteiger partial charge in [0.05, 0.1) is 0 Å². The third-order valence-corrected chi connectivity index (χ3v) is 6.90. The van der Waals surface area contributed by atoms with Crippen molar-refractivity contribution in [2.75, 3.05) is 6.54 Å². The fraction of sp³-hybridized carbons (Fsp3) is 0.682. The largest absolute Gasteiger partial charge is 0.346 e. The van der Waals surface area contributed by atoms with E-state index in [-0.39, 0.29) is 11.4 Å². The first-order valence-corrected chi connectivity index (χ1v) is 10.2. The highest BCUT2D eigenvalue weighted by molar-refractivity contribution is 5.77. The first-order valence-electron chi connectivity index (χ1n) is 10.2. The molecule has 4 fully saturated rings. The average molecular weight is 342 g/mol. The van der Waals surface area contributed by atoms with Gasteiger partial charge in [-0.3, -0.25) is 4.79 Å². The van der Waals surface area contributed by atoms with Crippen LogP contribution in [0, 0.1) is 23.7 Å². The van der Waals surface area contributed by atoms with Crippen molar-refractivity contribution >= 4 is 5.91 Å². The van der Waals surface area contributed by atoms with E-state index in [0.717, 1.165) is 17.8 Å². The molecule has 0 saturated heterocycles. The van der Waals surface area contributed by atoms with Gasteiger partial charge >= 0.3 is 0 Å². The zero-order chi connectivity index (χ0) is 17.4. The lowest BCUT2D eigenvalue weighted by Gasteiger charge is -2.56. The third kappa shape index (κ3) is 3.62. The van der Waals surface area contributed by atoms with Gasteiger partial charge < -0.3 is 10.6 Å². The zero-order valence-corrected chi connectivity index (χ0v) is 15.7. The van der Waals surface area contributed by atoms with Gasteiger partial charge in [0, 0.05) is 17.0 Å². The van der Waals surface area contributed by atoms with Gasteiger partial charge in [-0.2, -0.15) is 0 Å². The number of amides is 1. The van der Waals surface area contributed by atoms with Gasteiger partial charge in [0.25, 0.3) is 5.91 Å². The number of nitrogens with two attached hydrogens (primary N) is 1. The molecular formula is C22H33N2O+. The molecule has 1 amide bonds. The van der Waals surface area contributed by atoms with E-state index < -0.39 is 0 Å². The Morgan fingerprint density at radius 3 is 2.16 bits per heavy atom. The minimum Gasteiger partial charge on any atom is -0.346 e. The molecule has 0 aromatic heterocycles. The maximum atomic E-state index is 12.7. The number of nitrogens with one attached hydrogen (secondary N) is 1. The van der Waals surface area contributed by atoms with Gasteiger partial charge in [-0.15, -0.1) is 0 Å². The van der Waals surface area contributed by atoms with Crippen LogP contribution in [0.15, 0.2) is 30.3 Å². The van der Waals surface area contributed by atoms with Crippen molar-refractivity contribution in [2.45, 2.75) is 64.0 Å². The molecule has 1 aromatic carbocycles. The third-order valence-electron chi connectivity index (χ3n) is 6.90. The van der Waals surface area contributed by atoms with Crippen LogP contribution in [0.5, 0.6) is 0 Å². The van der Waals surface area contributed by atoms with E-state index in [1.54, 1.807) is 0 Å². The summed E-state index contributed by atoms with van der Waals surface area (Å²) in [5, 5.41) is 5.73. The maximum Gasteiger partial charge on any atom is 0.275 e. The Bertz CT molecular complexity index is 574. The van der Waals surface area contributed by atoms with E-state index in [2.05, 4.69) is 54.8 Å². The van der Waals surface area contributed by atoms with Crippen LogP contribution in [0.25, 0.3) is 0 Å². The van der Waals surface area contributed by atoms with E-state index in [0.29, 0.717) is 18.5 Å². The molecule has 1 atom stereocenters. The Hall–Kier alpha value is -1.35. The summed E-state index contributed by atoms with van der Waals surface area (Å²) in [7, 11) is 0. The van der Waals surface area contributed by atoms with Crippen molar-refractivity contribution < 1.29 is 10.1 Å². The van der Waals surface area contributed by atoms with Gasteiger partial charge in [0.2, 0.25) is 0 Å². The van der Waals surface area contributed by atoms with Crippen LogP contribution in [0.4, 0.5) is 0 Å². The van der Waals surface area contributed by atoms with Crippen LogP contribution in [-0.2, 0) is 4.79 Å². The van der Waals surface area contributed by atoms with Gasteiger partial charge in [-0.25, -0.2) is 0 Å². The molecule has 3 nitrogen and oxygen atoms in total. The summed E-state index contributed by atoms with van der Waals surface area (Å²) in [5.74, 6) is 3.38. The fourth-order valence-electron chi connectivity index (χ4n) is 6.31. The second-order valence-corrected chi connectivity index (χ2v) is 9.37. The van der Waals surface area contributed by atoms with Crippen molar-refractivity contribution in [1.82, 2.24) is 5.32 Å². The average Bonchev–Trinajstić information content (AvgIpc) is 2.54. The predicted molar refractivity (Wildman–Crippen MR) is 99.9 cm³/mol. The topological polar surface area (TPSA) is 45.7 Å². The Morgan fingerprint density at radius 1 is 1.08 bits per heavy atom. The predicted octanol–water partition coefficient (Wildman–Crippen LogP) is 3.03. The molecule has 0 radical (unpaired) electrons. The molecule has 25 heavy (non-hydrogen) atoms. The minimum atomic E-state index is 0.139. The van der Waals surface area contributed by atoms with Gasteiger partial charge in [-0.1, -0.05) is 44.2 Å². The van der Waals surface area contributed by atoms with Crippen LogP contribution in [0.2, 0.25) is 0 Å². The second kappa shape index (κ2) is 6.75. The Morgan fingerprint density at radius 2 is 1.64 bits per heavy atom. The quantitative estimate of drug-likeness (QED) is 0.821. The highest BCUT2D eigenvalue weighted by Gasteiger charge is 2.51. The van der Waals surface area contributed by atoms with Crippen molar-refractivity contribution in [1.29, 1.82) is 0 Å².